The van der Waals surface area contributed by atoms with Gasteiger partial charge in [-0.1, -0.05) is 19.1 Å². The summed E-state index contributed by atoms with van der Waals surface area (Å²) in [5.41, 5.74) is 1.19. The van der Waals surface area contributed by atoms with E-state index >= 15 is 0 Å². The lowest BCUT2D eigenvalue weighted by atomic mass is 10.2. The highest BCUT2D eigenvalue weighted by Crippen LogP contribution is 2.21. The summed E-state index contributed by atoms with van der Waals surface area (Å²) < 4.78 is 16.7. The van der Waals surface area contributed by atoms with Crippen molar-refractivity contribution in [2.45, 2.75) is 33.3 Å². The van der Waals surface area contributed by atoms with Gasteiger partial charge in [0.2, 0.25) is 0 Å². The summed E-state index contributed by atoms with van der Waals surface area (Å²) in [7, 11) is 0. The van der Waals surface area contributed by atoms with Crippen LogP contribution in [0.15, 0.2) is 48.5 Å². The molecular formula is C21H27NO4. The predicted molar refractivity (Wildman–Crippen MR) is 103 cm³/mol. The van der Waals surface area contributed by atoms with E-state index < -0.39 is 0 Å². The van der Waals surface area contributed by atoms with E-state index in [9.17, 15) is 4.79 Å². The molecule has 1 N–H and O–H groups in total. The Bertz CT molecular complexity index is 685. The van der Waals surface area contributed by atoms with Crippen LogP contribution in [0, 0.1) is 0 Å². The summed E-state index contributed by atoms with van der Waals surface area (Å²) in [6, 6.07) is 14.5. The Hall–Kier alpha value is -2.53. The first kappa shape index (κ1) is 19.8. The zero-order valence-electron chi connectivity index (χ0n) is 15.7. The normalized spacial score (nSPS) is 11.7. The van der Waals surface area contributed by atoms with Crippen LogP contribution in [-0.4, -0.2) is 31.8 Å². The van der Waals surface area contributed by atoms with Gasteiger partial charge in [0, 0.05) is 12.3 Å². The Morgan fingerprint density at radius 2 is 1.77 bits per heavy atom. The molecule has 1 amide bonds. The molecule has 26 heavy (non-hydrogen) atoms. The maximum absolute atomic E-state index is 12.6. The van der Waals surface area contributed by atoms with Gasteiger partial charge in [-0.3, -0.25) is 4.79 Å². The minimum atomic E-state index is -0.215. The molecular weight excluding hydrogens is 330 g/mol. The maximum Gasteiger partial charge on any atom is 0.259 e. The van der Waals surface area contributed by atoms with Crippen molar-refractivity contribution < 1.29 is 19.0 Å². The second kappa shape index (κ2) is 10.5. The number of rotatable bonds is 10. The zero-order valence-corrected chi connectivity index (χ0v) is 15.7. The molecule has 140 valence electrons. The molecule has 0 saturated carbocycles. The molecule has 5 heteroatoms. The zero-order chi connectivity index (χ0) is 18.8. The van der Waals surface area contributed by atoms with Crippen molar-refractivity contribution in [1.82, 2.24) is 0 Å². The van der Waals surface area contributed by atoms with Gasteiger partial charge >= 0.3 is 0 Å². The SMILES string of the molecule is CCOCCOc1ccccc1C(=O)Nc1ccc(OC(C)CC)cc1. The summed E-state index contributed by atoms with van der Waals surface area (Å²) in [5, 5.41) is 2.89. The van der Waals surface area contributed by atoms with Gasteiger partial charge in [0.05, 0.1) is 18.3 Å². The van der Waals surface area contributed by atoms with E-state index in [4.69, 9.17) is 14.2 Å². The third kappa shape index (κ3) is 6.08. The lowest BCUT2D eigenvalue weighted by Gasteiger charge is -2.14. The third-order valence-corrected chi connectivity index (χ3v) is 3.85. The number of hydrogen-bond acceptors (Lipinski definition) is 4. The fourth-order valence-electron chi connectivity index (χ4n) is 2.27. The van der Waals surface area contributed by atoms with Crippen molar-refractivity contribution in [3.05, 3.63) is 54.1 Å². The number of benzene rings is 2. The fourth-order valence-corrected chi connectivity index (χ4v) is 2.27. The van der Waals surface area contributed by atoms with Gasteiger partial charge in [-0.05, 0) is 56.7 Å². The average Bonchev–Trinajstić information content (AvgIpc) is 2.67. The van der Waals surface area contributed by atoms with Crippen LogP contribution in [0.1, 0.15) is 37.6 Å². The molecule has 2 aromatic carbocycles. The molecule has 0 aliphatic carbocycles. The third-order valence-electron chi connectivity index (χ3n) is 3.85. The molecule has 2 aromatic rings. The van der Waals surface area contributed by atoms with Crippen LogP contribution in [0.25, 0.3) is 0 Å². The van der Waals surface area contributed by atoms with Crippen molar-refractivity contribution in [1.29, 1.82) is 0 Å². The number of amides is 1. The topological polar surface area (TPSA) is 56.8 Å². The molecule has 0 spiro atoms. The van der Waals surface area contributed by atoms with E-state index in [1.54, 1.807) is 12.1 Å². The van der Waals surface area contributed by atoms with Crippen molar-refractivity contribution in [2.75, 3.05) is 25.1 Å². The Labute approximate surface area is 155 Å². The van der Waals surface area contributed by atoms with E-state index in [1.807, 2.05) is 50.2 Å². The van der Waals surface area contributed by atoms with Crippen LogP contribution in [0.5, 0.6) is 11.5 Å². The maximum atomic E-state index is 12.6. The van der Waals surface area contributed by atoms with Gasteiger partial charge < -0.3 is 19.5 Å². The monoisotopic (exact) mass is 357 g/mol. The van der Waals surface area contributed by atoms with E-state index in [-0.39, 0.29) is 12.0 Å². The van der Waals surface area contributed by atoms with Crippen molar-refractivity contribution in [3.8, 4) is 11.5 Å². The number of nitrogens with one attached hydrogen (secondary N) is 1. The molecule has 1 unspecified atom stereocenters. The van der Waals surface area contributed by atoms with Crippen LogP contribution in [-0.2, 0) is 4.74 Å². The van der Waals surface area contributed by atoms with E-state index in [2.05, 4.69) is 12.2 Å². The first-order valence-electron chi connectivity index (χ1n) is 9.01. The van der Waals surface area contributed by atoms with E-state index in [0.717, 1.165) is 12.2 Å². The molecule has 2 rings (SSSR count). The number of carbonyl (C=O) groups is 1. The summed E-state index contributed by atoms with van der Waals surface area (Å²) in [6.45, 7) is 7.57. The average molecular weight is 357 g/mol. The van der Waals surface area contributed by atoms with Crippen molar-refractivity contribution in [2.24, 2.45) is 0 Å². The highest BCUT2D eigenvalue weighted by molar-refractivity contribution is 6.06. The lowest BCUT2D eigenvalue weighted by Crippen LogP contribution is -2.15. The molecule has 0 aliphatic rings. The van der Waals surface area contributed by atoms with Gasteiger partial charge in [-0.15, -0.1) is 0 Å². The van der Waals surface area contributed by atoms with Gasteiger partial charge in [0.25, 0.3) is 5.91 Å². The summed E-state index contributed by atoms with van der Waals surface area (Å²) in [6.07, 6.45) is 1.11. The second-order valence-corrected chi connectivity index (χ2v) is 5.86. The molecule has 0 bridgehead atoms. The number of ether oxygens (including phenoxy) is 3. The minimum absolute atomic E-state index is 0.163. The standard InChI is InChI=1S/C21H27NO4/c1-4-16(3)26-18-12-10-17(11-13-18)22-21(23)19-8-6-7-9-20(19)25-15-14-24-5-2/h6-13,16H,4-5,14-15H2,1-3H3,(H,22,23). The first-order chi connectivity index (χ1) is 12.6. The molecule has 0 heterocycles. The largest absolute Gasteiger partial charge is 0.491 e. The lowest BCUT2D eigenvalue weighted by molar-refractivity contribution is 0.0998. The molecule has 0 aromatic heterocycles. The highest BCUT2D eigenvalue weighted by atomic mass is 16.5. The number of hydrogen-bond donors (Lipinski definition) is 1. The van der Waals surface area contributed by atoms with Crippen LogP contribution >= 0.6 is 0 Å². The van der Waals surface area contributed by atoms with Crippen LogP contribution < -0.4 is 14.8 Å². The van der Waals surface area contributed by atoms with Crippen molar-refractivity contribution >= 4 is 11.6 Å². The van der Waals surface area contributed by atoms with Crippen molar-refractivity contribution in [3.63, 3.8) is 0 Å². The Balaban J connectivity index is 1.99. The van der Waals surface area contributed by atoms with Gasteiger partial charge in [0.1, 0.15) is 18.1 Å². The molecule has 0 aliphatic heterocycles. The van der Waals surface area contributed by atoms with E-state index in [1.165, 1.54) is 0 Å². The molecule has 0 saturated heterocycles. The van der Waals surface area contributed by atoms with Gasteiger partial charge in [-0.25, -0.2) is 0 Å². The Morgan fingerprint density at radius 1 is 1.04 bits per heavy atom. The van der Waals surface area contributed by atoms with Crippen LogP contribution in [0.3, 0.4) is 0 Å². The molecule has 0 fully saturated rings. The second-order valence-electron chi connectivity index (χ2n) is 5.86. The molecule has 5 nitrogen and oxygen atoms in total. The summed E-state index contributed by atoms with van der Waals surface area (Å²) in [5.74, 6) is 1.12. The summed E-state index contributed by atoms with van der Waals surface area (Å²) >= 11 is 0. The van der Waals surface area contributed by atoms with E-state index in [0.29, 0.717) is 36.8 Å². The van der Waals surface area contributed by atoms with Crippen LogP contribution in [0.4, 0.5) is 5.69 Å². The summed E-state index contributed by atoms with van der Waals surface area (Å²) in [4.78, 5) is 12.6. The number of carbonyl (C=O) groups excluding carboxylic acids is 1. The van der Waals surface area contributed by atoms with Crippen LogP contribution in [0.2, 0.25) is 0 Å². The van der Waals surface area contributed by atoms with Gasteiger partial charge in [0.15, 0.2) is 0 Å². The quantitative estimate of drug-likeness (QED) is 0.635. The minimum Gasteiger partial charge on any atom is -0.491 e. The number of para-hydroxylation sites is 1. The first-order valence-corrected chi connectivity index (χ1v) is 9.01. The molecule has 1 atom stereocenters. The highest BCUT2D eigenvalue weighted by Gasteiger charge is 2.12. The fraction of sp³-hybridized carbons (Fsp3) is 0.381. The smallest absolute Gasteiger partial charge is 0.259 e. The predicted octanol–water partition coefficient (Wildman–Crippen LogP) is 4.53. The molecule has 0 radical (unpaired) electrons. The Morgan fingerprint density at radius 3 is 2.46 bits per heavy atom. The van der Waals surface area contributed by atoms with Gasteiger partial charge in [-0.2, -0.15) is 0 Å². The Kier molecular flexibility index (Phi) is 7.96. The number of anilines is 1.